The van der Waals surface area contributed by atoms with Crippen LogP contribution in [-0.2, 0) is 4.79 Å². The number of likely N-dealkylation sites (N-methyl/N-ethyl adjacent to an activating group) is 1. The van der Waals surface area contributed by atoms with Crippen LogP contribution in [0.2, 0.25) is 0 Å². The number of ether oxygens (including phenoxy) is 1. The molecule has 0 bridgehead atoms. The second kappa shape index (κ2) is 10.8. The molecule has 2 aromatic rings. The SMILES string of the molecule is CCCCC1CN(c2ccccc2)c2cc(SC)c(OCC(C)(C)C(=O)O)cc2S(O)(O)N1C. The molecule has 2 aromatic carbocycles. The number of anilines is 2. The molecule has 9 heteroatoms. The molecule has 3 N–H and O–H groups in total. The molecular formula is C25H36N2O5S2. The van der Waals surface area contributed by atoms with E-state index >= 15 is 0 Å². The van der Waals surface area contributed by atoms with Gasteiger partial charge in [0.25, 0.3) is 0 Å². The highest BCUT2D eigenvalue weighted by Crippen LogP contribution is 2.60. The summed E-state index contributed by atoms with van der Waals surface area (Å²) >= 11 is 1.48. The number of carboxylic acid groups (broad SMARTS) is 1. The molecule has 1 unspecified atom stereocenters. The monoisotopic (exact) mass is 508 g/mol. The number of rotatable bonds is 9. The molecule has 0 saturated carbocycles. The number of unbranched alkanes of at least 4 members (excludes halogenated alkanes) is 1. The van der Waals surface area contributed by atoms with Gasteiger partial charge in [-0.15, -0.1) is 22.5 Å². The number of nitrogens with zero attached hydrogens (tertiary/aromatic N) is 2. The third-order valence-electron chi connectivity index (χ3n) is 6.27. The van der Waals surface area contributed by atoms with Crippen LogP contribution in [0.1, 0.15) is 40.0 Å². The quantitative estimate of drug-likeness (QED) is 0.328. The number of carbonyl (C=O) groups is 1. The molecule has 0 fully saturated rings. The highest BCUT2D eigenvalue weighted by Gasteiger charge is 2.38. The molecule has 1 atom stereocenters. The lowest BCUT2D eigenvalue weighted by Gasteiger charge is -2.43. The van der Waals surface area contributed by atoms with Gasteiger partial charge >= 0.3 is 5.97 Å². The highest BCUT2D eigenvalue weighted by atomic mass is 32.3. The van der Waals surface area contributed by atoms with Crippen molar-refractivity contribution in [1.29, 1.82) is 0 Å². The predicted molar refractivity (Wildman–Crippen MR) is 141 cm³/mol. The summed E-state index contributed by atoms with van der Waals surface area (Å²) in [4.78, 5) is 14.9. The number of hydrogen-bond acceptors (Lipinski definition) is 7. The zero-order chi connectivity index (χ0) is 25.1. The van der Waals surface area contributed by atoms with E-state index in [0.717, 1.165) is 35.5 Å². The van der Waals surface area contributed by atoms with Gasteiger partial charge < -0.3 is 14.7 Å². The fraction of sp³-hybridized carbons (Fsp3) is 0.480. The van der Waals surface area contributed by atoms with Gasteiger partial charge in [-0.25, -0.2) is 4.31 Å². The second-order valence-corrected chi connectivity index (χ2v) is 12.2. The van der Waals surface area contributed by atoms with Crippen LogP contribution in [0.5, 0.6) is 5.75 Å². The van der Waals surface area contributed by atoms with Gasteiger partial charge in [-0.1, -0.05) is 38.0 Å². The smallest absolute Gasteiger partial charge is 0.312 e. The minimum absolute atomic E-state index is 0.0365. The maximum Gasteiger partial charge on any atom is 0.312 e. The average molecular weight is 509 g/mol. The van der Waals surface area contributed by atoms with Gasteiger partial charge in [-0.3, -0.25) is 13.9 Å². The first-order valence-electron chi connectivity index (χ1n) is 11.4. The molecule has 0 aliphatic carbocycles. The van der Waals surface area contributed by atoms with Crippen molar-refractivity contribution in [2.75, 3.05) is 31.4 Å². The molecular weight excluding hydrogens is 472 g/mol. The molecule has 0 amide bonds. The Morgan fingerprint density at radius 1 is 1.24 bits per heavy atom. The van der Waals surface area contributed by atoms with Gasteiger partial charge in [-0.05, 0) is 44.7 Å². The van der Waals surface area contributed by atoms with Crippen molar-refractivity contribution in [3.05, 3.63) is 42.5 Å². The van der Waals surface area contributed by atoms with Crippen LogP contribution in [0.25, 0.3) is 0 Å². The number of aliphatic carboxylic acids is 1. The molecule has 0 radical (unpaired) electrons. The summed E-state index contributed by atoms with van der Waals surface area (Å²) in [5.74, 6) is -0.500. The normalized spacial score (nSPS) is 19.3. The van der Waals surface area contributed by atoms with E-state index < -0.39 is 22.2 Å². The summed E-state index contributed by atoms with van der Waals surface area (Å²) in [5.41, 5.74) is 0.623. The van der Waals surface area contributed by atoms with Gasteiger partial charge in [0.15, 0.2) is 0 Å². The van der Waals surface area contributed by atoms with Crippen molar-refractivity contribution in [2.45, 2.75) is 55.9 Å². The number of carboxylic acids is 1. The van der Waals surface area contributed by atoms with Gasteiger partial charge in [0.05, 0.1) is 16.0 Å². The fourth-order valence-corrected chi connectivity index (χ4v) is 6.07. The van der Waals surface area contributed by atoms with Gasteiger partial charge in [0, 0.05) is 31.4 Å². The molecule has 1 heterocycles. The third kappa shape index (κ3) is 5.49. The maximum atomic E-state index is 11.6. The van der Waals surface area contributed by atoms with Gasteiger partial charge in [-0.2, -0.15) is 0 Å². The lowest BCUT2D eigenvalue weighted by Crippen LogP contribution is -2.39. The molecule has 7 nitrogen and oxygen atoms in total. The molecule has 1 aliphatic heterocycles. The number of para-hydroxylation sites is 1. The van der Waals surface area contributed by atoms with E-state index in [4.69, 9.17) is 4.74 Å². The molecule has 1 aliphatic rings. The number of thioether (sulfide) groups is 1. The lowest BCUT2D eigenvalue weighted by atomic mass is 9.95. The highest BCUT2D eigenvalue weighted by molar-refractivity contribution is 8.22. The van der Waals surface area contributed by atoms with Crippen molar-refractivity contribution in [2.24, 2.45) is 5.41 Å². The second-order valence-electron chi connectivity index (χ2n) is 9.26. The van der Waals surface area contributed by atoms with E-state index in [1.807, 2.05) is 42.7 Å². The first-order chi connectivity index (χ1) is 16.0. The van der Waals surface area contributed by atoms with Crippen LogP contribution >= 0.6 is 22.5 Å². The Hall–Kier alpha value is -1.91. The van der Waals surface area contributed by atoms with Gasteiger partial charge in [0.2, 0.25) is 0 Å². The molecule has 0 aromatic heterocycles. The molecule has 34 heavy (non-hydrogen) atoms. The first kappa shape index (κ1) is 26.7. The van der Waals surface area contributed by atoms with Crippen molar-refractivity contribution < 1.29 is 23.7 Å². The Morgan fingerprint density at radius 3 is 2.50 bits per heavy atom. The van der Waals surface area contributed by atoms with E-state index in [1.54, 1.807) is 31.3 Å². The van der Waals surface area contributed by atoms with E-state index in [1.165, 1.54) is 11.8 Å². The predicted octanol–water partition coefficient (Wildman–Crippen LogP) is 6.56. The Labute approximate surface area is 208 Å². The maximum absolute atomic E-state index is 11.6. The molecule has 3 rings (SSSR count). The molecule has 0 spiro atoms. The Balaban J connectivity index is 2.15. The number of hydrogen-bond donors (Lipinski definition) is 3. The minimum atomic E-state index is -3.31. The summed E-state index contributed by atoms with van der Waals surface area (Å²) in [6.45, 7) is 5.92. The van der Waals surface area contributed by atoms with Gasteiger partial charge in [0.1, 0.15) is 17.3 Å². The van der Waals surface area contributed by atoms with E-state index in [0.29, 0.717) is 17.2 Å². The first-order valence-corrected chi connectivity index (χ1v) is 14.2. The number of fused-ring (bicyclic) bond motifs is 1. The van der Waals surface area contributed by atoms with Crippen LogP contribution in [0.4, 0.5) is 11.4 Å². The largest absolute Gasteiger partial charge is 0.491 e. The lowest BCUT2D eigenvalue weighted by molar-refractivity contribution is -0.148. The van der Waals surface area contributed by atoms with Crippen LogP contribution in [0.15, 0.2) is 52.3 Å². The van der Waals surface area contributed by atoms with Crippen LogP contribution < -0.4 is 9.64 Å². The topological polar surface area (TPSA) is 93.5 Å². The summed E-state index contributed by atoms with van der Waals surface area (Å²) in [6, 6.07) is 13.5. The molecule has 0 saturated heterocycles. The number of benzene rings is 2. The zero-order valence-corrected chi connectivity index (χ0v) is 22.2. The van der Waals surface area contributed by atoms with Crippen LogP contribution in [0.3, 0.4) is 0 Å². The van der Waals surface area contributed by atoms with E-state index in [9.17, 15) is 19.0 Å². The fourth-order valence-electron chi connectivity index (χ4n) is 3.91. The van der Waals surface area contributed by atoms with E-state index in [2.05, 4.69) is 11.8 Å². The minimum Gasteiger partial charge on any atom is -0.491 e. The summed E-state index contributed by atoms with van der Waals surface area (Å²) in [6.07, 6.45) is 4.77. The van der Waals surface area contributed by atoms with Crippen molar-refractivity contribution in [3.8, 4) is 5.75 Å². The summed E-state index contributed by atoms with van der Waals surface area (Å²) in [7, 11) is -1.54. The van der Waals surface area contributed by atoms with Crippen molar-refractivity contribution >= 4 is 39.9 Å². The summed E-state index contributed by atoms with van der Waals surface area (Å²) in [5, 5.41) is 9.48. The average Bonchev–Trinajstić information content (AvgIpc) is 2.89. The Bertz CT molecular complexity index is 1000. The standard InChI is InChI=1S/C25H36N2O5S2/c1-6-7-11-19-16-27(18-12-9-8-10-13-18)20-14-22(33-5)21(32-17-25(2,3)24(28)29)15-23(20)34(30,31)26(19)4/h8-10,12-15,19,30-31H,6-7,11,16-17H2,1-5H3,(H,28,29). The Morgan fingerprint density at radius 2 is 1.91 bits per heavy atom. The Kier molecular flexibility index (Phi) is 8.47. The third-order valence-corrected chi connectivity index (χ3v) is 9.04. The van der Waals surface area contributed by atoms with Crippen molar-refractivity contribution in [3.63, 3.8) is 0 Å². The zero-order valence-electron chi connectivity index (χ0n) is 20.5. The van der Waals surface area contributed by atoms with Crippen molar-refractivity contribution in [1.82, 2.24) is 4.31 Å². The van der Waals surface area contributed by atoms with E-state index in [-0.39, 0.29) is 12.6 Å². The molecule has 188 valence electrons. The van der Waals surface area contributed by atoms with Crippen LogP contribution in [0, 0.1) is 5.41 Å². The summed E-state index contributed by atoms with van der Waals surface area (Å²) < 4.78 is 30.7. The van der Waals surface area contributed by atoms with Crippen LogP contribution in [-0.4, -0.2) is 57.0 Å².